The molecule has 1 atom stereocenters. The monoisotopic (exact) mass is 505 g/mol. The number of benzene rings is 2. The molecule has 5 rings (SSSR count). The van der Waals surface area contributed by atoms with Crippen molar-refractivity contribution in [3.8, 4) is 11.1 Å². The Labute approximate surface area is 216 Å². The first-order chi connectivity index (χ1) is 17.5. The average Bonchev–Trinajstić information content (AvgIpc) is 3.33. The molecular formula is C27H30ClN6O2+. The van der Waals surface area contributed by atoms with E-state index in [-0.39, 0.29) is 17.4 Å². The van der Waals surface area contributed by atoms with E-state index in [2.05, 4.69) is 76.1 Å². The Morgan fingerprint density at radius 1 is 1.17 bits per heavy atom. The second kappa shape index (κ2) is 10.7. The Hall–Kier alpha value is -3.33. The van der Waals surface area contributed by atoms with Gasteiger partial charge in [-0.2, -0.15) is 4.74 Å². The number of carbonyl (C=O) groups excluding carboxylic acids is 1. The molecular weight excluding hydrogens is 476 g/mol. The summed E-state index contributed by atoms with van der Waals surface area (Å²) in [4.78, 5) is 25.5. The Balaban J connectivity index is 1.36. The molecule has 1 aromatic heterocycles. The van der Waals surface area contributed by atoms with Crippen molar-refractivity contribution in [2.24, 2.45) is 0 Å². The van der Waals surface area contributed by atoms with Gasteiger partial charge in [0, 0.05) is 18.2 Å². The van der Waals surface area contributed by atoms with E-state index >= 15 is 0 Å². The van der Waals surface area contributed by atoms with Crippen LogP contribution in [-0.2, 0) is 24.4 Å². The van der Waals surface area contributed by atoms with Crippen LogP contribution in [0.2, 0.25) is 5.28 Å². The van der Waals surface area contributed by atoms with Crippen molar-refractivity contribution in [2.75, 3.05) is 32.1 Å². The summed E-state index contributed by atoms with van der Waals surface area (Å²) in [5, 5.41) is 6.95. The molecule has 0 bridgehead atoms. The van der Waals surface area contributed by atoms with Gasteiger partial charge >= 0.3 is 6.03 Å². The van der Waals surface area contributed by atoms with Gasteiger partial charge in [0.1, 0.15) is 12.4 Å². The molecule has 0 aliphatic carbocycles. The van der Waals surface area contributed by atoms with Crippen LogP contribution in [0.15, 0.2) is 48.5 Å². The van der Waals surface area contributed by atoms with Gasteiger partial charge in [-0.3, -0.25) is 4.90 Å². The number of rotatable bonds is 6. The molecule has 9 heteroatoms. The fourth-order valence-corrected chi connectivity index (χ4v) is 4.93. The molecule has 2 amide bonds. The standard InChI is InChI=1S/C27H30ClN6O2/c1-18(19-7-5-8-20(14-19)22-9-4-3-6-21(22)15-29-2)30-25-23-16-34(17-24(23)31-26(28)32-25)27(35)33-10-12-36-13-11-33/h3-9,12,14,18,29H,10-11,13,15-17H2,1-2H3,(H,30,31,32)/q+1. The Morgan fingerprint density at radius 2 is 2.03 bits per heavy atom. The summed E-state index contributed by atoms with van der Waals surface area (Å²) in [7, 11) is 1.96. The van der Waals surface area contributed by atoms with Gasteiger partial charge in [0.25, 0.3) is 0 Å². The number of urea groups is 1. The molecule has 3 aromatic rings. The maximum Gasteiger partial charge on any atom is 0.324 e. The smallest absolute Gasteiger partial charge is 0.324 e. The van der Waals surface area contributed by atoms with Crippen molar-refractivity contribution in [1.82, 2.24) is 25.1 Å². The lowest BCUT2D eigenvalue weighted by Gasteiger charge is -2.26. The summed E-state index contributed by atoms with van der Waals surface area (Å²) < 4.78 is 5.26. The SMILES string of the molecule is CNCc1ccccc1-c1cccc(C(C)Nc2nc(Cl)nc3c2CN(C(=O)N2C[CH+]OCC2)C3)c1. The molecule has 8 nitrogen and oxygen atoms in total. The molecule has 186 valence electrons. The first kappa shape index (κ1) is 24.4. The molecule has 2 aromatic carbocycles. The van der Waals surface area contributed by atoms with Crippen molar-refractivity contribution in [2.45, 2.75) is 32.6 Å². The quantitative estimate of drug-likeness (QED) is 0.376. The molecule has 2 aliphatic rings. The van der Waals surface area contributed by atoms with E-state index in [0.717, 1.165) is 28.9 Å². The number of hydrogen-bond acceptors (Lipinski definition) is 6. The fraction of sp³-hybridized carbons (Fsp3) is 0.333. The minimum absolute atomic E-state index is 0.0318. The Kier molecular flexibility index (Phi) is 7.27. The van der Waals surface area contributed by atoms with Crippen LogP contribution < -0.4 is 10.6 Å². The summed E-state index contributed by atoms with van der Waals surface area (Å²) in [6, 6.07) is 16.9. The summed E-state index contributed by atoms with van der Waals surface area (Å²) in [6.07, 6.45) is 0. The number of anilines is 1. The van der Waals surface area contributed by atoms with Crippen LogP contribution in [0.1, 0.15) is 35.3 Å². The maximum atomic E-state index is 13.0. The molecule has 0 spiro atoms. The number of amides is 2. The zero-order chi connectivity index (χ0) is 25.1. The molecule has 1 saturated heterocycles. The van der Waals surface area contributed by atoms with Gasteiger partial charge in [0.2, 0.25) is 11.9 Å². The lowest BCUT2D eigenvalue weighted by atomic mass is 9.96. The van der Waals surface area contributed by atoms with Crippen LogP contribution in [-0.4, -0.2) is 52.5 Å². The summed E-state index contributed by atoms with van der Waals surface area (Å²) >= 11 is 6.28. The lowest BCUT2D eigenvalue weighted by Crippen LogP contribution is -2.45. The highest BCUT2D eigenvalue weighted by atomic mass is 35.5. The number of fused-ring (bicyclic) bond motifs is 1. The summed E-state index contributed by atoms with van der Waals surface area (Å²) in [5.74, 6) is 0.669. The van der Waals surface area contributed by atoms with Crippen molar-refractivity contribution >= 4 is 23.4 Å². The molecule has 2 aliphatic heterocycles. The molecule has 0 radical (unpaired) electrons. The predicted molar refractivity (Wildman–Crippen MR) is 140 cm³/mol. The van der Waals surface area contributed by atoms with Crippen LogP contribution >= 0.6 is 11.6 Å². The predicted octanol–water partition coefficient (Wildman–Crippen LogP) is 4.62. The van der Waals surface area contributed by atoms with E-state index < -0.39 is 0 Å². The topological polar surface area (TPSA) is 82.6 Å². The Morgan fingerprint density at radius 3 is 2.83 bits per heavy atom. The number of nitrogens with zero attached hydrogens (tertiary/aromatic N) is 4. The number of carbonyl (C=O) groups is 1. The number of morpholine rings is 1. The fourth-order valence-electron chi connectivity index (χ4n) is 4.74. The third kappa shape index (κ3) is 5.11. The van der Waals surface area contributed by atoms with Crippen molar-refractivity contribution < 1.29 is 9.53 Å². The molecule has 0 saturated carbocycles. The van der Waals surface area contributed by atoms with E-state index in [0.29, 0.717) is 38.6 Å². The van der Waals surface area contributed by atoms with Crippen LogP contribution in [0.5, 0.6) is 0 Å². The van der Waals surface area contributed by atoms with E-state index in [9.17, 15) is 4.79 Å². The van der Waals surface area contributed by atoms with Gasteiger partial charge in [-0.1, -0.05) is 42.5 Å². The average molecular weight is 506 g/mol. The maximum absolute atomic E-state index is 13.0. The second-order valence-corrected chi connectivity index (χ2v) is 9.41. The molecule has 3 heterocycles. The first-order valence-electron chi connectivity index (χ1n) is 12.1. The molecule has 36 heavy (non-hydrogen) atoms. The number of halogens is 1. The van der Waals surface area contributed by atoms with E-state index in [1.807, 2.05) is 7.05 Å². The molecule has 1 fully saturated rings. The number of nitrogens with one attached hydrogen (secondary N) is 2. The zero-order valence-electron chi connectivity index (χ0n) is 20.5. The van der Waals surface area contributed by atoms with Gasteiger partial charge in [-0.25, -0.2) is 14.8 Å². The van der Waals surface area contributed by atoms with Gasteiger partial charge in [-0.15, -0.1) is 0 Å². The minimum Gasteiger partial charge on any atom is -0.363 e. The van der Waals surface area contributed by atoms with Gasteiger partial charge in [0.15, 0.2) is 6.54 Å². The highest BCUT2D eigenvalue weighted by molar-refractivity contribution is 6.28. The molecule has 1 unspecified atom stereocenters. The van der Waals surface area contributed by atoms with Crippen molar-refractivity contribution in [1.29, 1.82) is 0 Å². The van der Waals surface area contributed by atoms with E-state index in [1.54, 1.807) is 16.4 Å². The molecule has 2 N–H and O–H groups in total. The third-order valence-electron chi connectivity index (χ3n) is 6.62. The number of hydrogen-bond donors (Lipinski definition) is 2. The number of ether oxygens (including phenoxy) is 1. The van der Waals surface area contributed by atoms with Gasteiger partial charge in [-0.05, 0) is 53.9 Å². The zero-order valence-corrected chi connectivity index (χ0v) is 21.3. The highest BCUT2D eigenvalue weighted by Crippen LogP contribution is 2.32. The van der Waals surface area contributed by atoms with Crippen LogP contribution in [0.25, 0.3) is 11.1 Å². The van der Waals surface area contributed by atoms with E-state index in [4.69, 9.17) is 16.3 Å². The third-order valence-corrected chi connectivity index (χ3v) is 6.79. The highest BCUT2D eigenvalue weighted by Gasteiger charge is 2.33. The first-order valence-corrected chi connectivity index (χ1v) is 12.5. The van der Waals surface area contributed by atoms with Gasteiger partial charge in [0.05, 0.1) is 25.3 Å². The summed E-state index contributed by atoms with van der Waals surface area (Å²) in [6.45, 7) is 6.99. The van der Waals surface area contributed by atoms with Crippen molar-refractivity contribution in [3.63, 3.8) is 0 Å². The largest absolute Gasteiger partial charge is 0.363 e. The normalized spacial score (nSPS) is 15.9. The van der Waals surface area contributed by atoms with E-state index in [1.165, 1.54) is 11.1 Å². The lowest BCUT2D eigenvalue weighted by molar-refractivity contribution is 0.0820. The van der Waals surface area contributed by atoms with Crippen LogP contribution in [0.3, 0.4) is 0 Å². The Bertz CT molecular complexity index is 1250. The second-order valence-electron chi connectivity index (χ2n) is 9.07. The number of aromatic nitrogens is 2. The minimum atomic E-state index is -0.0323. The van der Waals surface area contributed by atoms with Crippen LogP contribution in [0, 0.1) is 6.61 Å². The van der Waals surface area contributed by atoms with Crippen LogP contribution in [0.4, 0.5) is 10.6 Å². The summed E-state index contributed by atoms with van der Waals surface area (Å²) in [5.41, 5.74) is 6.45. The van der Waals surface area contributed by atoms with Gasteiger partial charge < -0.3 is 15.5 Å². The van der Waals surface area contributed by atoms with Crippen molar-refractivity contribution in [3.05, 3.63) is 82.8 Å².